The Morgan fingerprint density at radius 1 is 0.975 bits per heavy atom. The fraction of sp³-hybridized carbons (Fsp3) is 0.226. The van der Waals surface area contributed by atoms with Crippen molar-refractivity contribution in [1.29, 1.82) is 0 Å². The fourth-order valence-electron chi connectivity index (χ4n) is 5.20. The highest BCUT2D eigenvalue weighted by Crippen LogP contribution is 2.29. The Balaban J connectivity index is 1.44. The van der Waals surface area contributed by atoms with Gasteiger partial charge in [-0.25, -0.2) is 9.67 Å². The smallest absolute Gasteiger partial charge is 0.254 e. The van der Waals surface area contributed by atoms with Crippen LogP contribution in [0.3, 0.4) is 0 Å². The second kappa shape index (κ2) is 11.4. The molecule has 204 valence electrons. The van der Waals surface area contributed by atoms with Crippen molar-refractivity contribution in [2.75, 3.05) is 0 Å². The van der Waals surface area contributed by atoms with Crippen LogP contribution < -0.4 is 11.1 Å². The molecule has 0 spiro atoms. The predicted molar refractivity (Wildman–Crippen MR) is 157 cm³/mol. The number of fused-ring (bicyclic) bond motifs is 1. The van der Waals surface area contributed by atoms with Gasteiger partial charge in [0.2, 0.25) is 0 Å². The van der Waals surface area contributed by atoms with Crippen LogP contribution in [0.2, 0.25) is 5.02 Å². The molecule has 0 aliphatic rings. The summed E-state index contributed by atoms with van der Waals surface area (Å²) in [5.74, 6) is -0.151. The van der Waals surface area contributed by atoms with Crippen molar-refractivity contribution in [2.24, 2.45) is 5.73 Å². The highest BCUT2D eigenvalue weighted by atomic mass is 35.5. The molecule has 0 saturated carbocycles. The van der Waals surface area contributed by atoms with Crippen LogP contribution in [-0.4, -0.2) is 31.1 Å². The average Bonchev–Trinajstić information content (AvgIpc) is 3.48. The van der Waals surface area contributed by atoms with Crippen LogP contribution in [0.15, 0.2) is 67.0 Å². The molecule has 5 rings (SSSR count). The third kappa shape index (κ3) is 5.49. The van der Waals surface area contributed by atoms with Crippen molar-refractivity contribution in [2.45, 2.75) is 46.7 Å². The normalized spacial score (nSPS) is 11.2. The number of rotatable bonds is 9. The number of aryl methyl sites for hydroxylation is 4. The standard InChI is InChI=1S/C31H31ClN6O2/c1-19-12-13-26-24(14-19)29(30(33)39)27(11-7-10-22-8-5-4-6-9-22)37(26)17-35-31(40)28-20(2)15-23(16-25(28)32)38-18-34-21(3)36-38/h4-6,8-9,12-16,18H,7,10-11,17H2,1-3H3,(H2,33,39)(H,35,40). The summed E-state index contributed by atoms with van der Waals surface area (Å²) < 4.78 is 3.60. The lowest BCUT2D eigenvalue weighted by Gasteiger charge is -2.15. The summed E-state index contributed by atoms with van der Waals surface area (Å²) >= 11 is 6.59. The monoisotopic (exact) mass is 554 g/mol. The number of primary amides is 1. The number of halogens is 1. The molecule has 3 aromatic carbocycles. The first-order valence-corrected chi connectivity index (χ1v) is 13.5. The van der Waals surface area contributed by atoms with E-state index < -0.39 is 5.91 Å². The maximum absolute atomic E-state index is 13.4. The van der Waals surface area contributed by atoms with Gasteiger partial charge in [0.05, 0.1) is 34.0 Å². The topological polar surface area (TPSA) is 108 Å². The molecule has 3 N–H and O–H groups in total. The van der Waals surface area contributed by atoms with E-state index in [1.54, 1.807) is 24.0 Å². The number of carbonyl (C=O) groups excluding carboxylic acids is 2. The number of aromatic nitrogens is 4. The molecular weight excluding hydrogens is 524 g/mol. The second-order valence-electron chi connectivity index (χ2n) is 9.99. The van der Waals surface area contributed by atoms with E-state index in [-0.39, 0.29) is 12.6 Å². The quantitative estimate of drug-likeness (QED) is 0.252. The number of nitrogens with one attached hydrogen (secondary N) is 1. The van der Waals surface area contributed by atoms with E-state index >= 15 is 0 Å². The number of nitrogens with two attached hydrogens (primary N) is 1. The zero-order chi connectivity index (χ0) is 28.4. The maximum atomic E-state index is 13.4. The lowest BCUT2D eigenvalue weighted by atomic mass is 10.0. The largest absolute Gasteiger partial charge is 0.366 e. The number of nitrogens with zero attached hydrogens (tertiary/aromatic N) is 4. The van der Waals surface area contributed by atoms with Crippen LogP contribution in [-0.2, 0) is 19.5 Å². The van der Waals surface area contributed by atoms with Crippen molar-refractivity contribution < 1.29 is 9.59 Å². The Labute approximate surface area is 237 Å². The Bertz CT molecular complexity index is 1700. The molecule has 0 saturated heterocycles. The molecule has 0 fully saturated rings. The zero-order valence-corrected chi connectivity index (χ0v) is 23.5. The molecule has 2 amide bonds. The Kier molecular flexibility index (Phi) is 7.71. The Morgan fingerprint density at radius 3 is 2.42 bits per heavy atom. The summed E-state index contributed by atoms with van der Waals surface area (Å²) in [6, 6.07) is 19.7. The first-order valence-electron chi connectivity index (χ1n) is 13.2. The van der Waals surface area contributed by atoms with Gasteiger partial charge in [-0.3, -0.25) is 9.59 Å². The molecule has 0 atom stereocenters. The van der Waals surface area contributed by atoms with Gasteiger partial charge in [0, 0.05) is 11.1 Å². The molecule has 0 bridgehead atoms. The van der Waals surface area contributed by atoms with Crippen LogP contribution in [0, 0.1) is 20.8 Å². The van der Waals surface area contributed by atoms with Gasteiger partial charge >= 0.3 is 0 Å². The zero-order valence-electron chi connectivity index (χ0n) is 22.7. The fourth-order valence-corrected chi connectivity index (χ4v) is 5.54. The van der Waals surface area contributed by atoms with Gasteiger partial charge in [0.15, 0.2) is 0 Å². The molecule has 2 aromatic heterocycles. The van der Waals surface area contributed by atoms with E-state index in [1.807, 2.05) is 60.9 Å². The minimum absolute atomic E-state index is 0.159. The second-order valence-corrected chi connectivity index (χ2v) is 10.4. The van der Waals surface area contributed by atoms with Gasteiger partial charge < -0.3 is 15.6 Å². The van der Waals surface area contributed by atoms with E-state index in [9.17, 15) is 9.59 Å². The third-order valence-corrected chi connectivity index (χ3v) is 7.36. The molecule has 40 heavy (non-hydrogen) atoms. The molecule has 0 unspecified atom stereocenters. The summed E-state index contributed by atoms with van der Waals surface area (Å²) in [6.45, 7) is 5.78. The number of benzene rings is 3. The first kappa shape index (κ1) is 27.1. The SMILES string of the molecule is Cc1ccc2c(c1)c(C(N)=O)c(CCCc1ccccc1)n2CNC(=O)c1c(C)cc(-n2cnc(C)n2)cc1Cl. The highest BCUT2D eigenvalue weighted by molar-refractivity contribution is 6.34. The molecule has 2 heterocycles. The first-order chi connectivity index (χ1) is 19.2. The van der Waals surface area contributed by atoms with Crippen LogP contribution in [0.4, 0.5) is 0 Å². The number of carbonyl (C=O) groups is 2. The number of hydrogen-bond acceptors (Lipinski definition) is 4. The minimum atomic E-state index is -0.479. The summed E-state index contributed by atoms with van der Waals surface area (Å²) in [5, 5.41) is 8.45. The Hall–Kier alpha value is -4.43. The lowest BCUT2D eigenvalue weighted by Crippen LogP contribution is -2.28. The molecule has 0 radical (unpaired) electrons. The van der Waals surface area contributed by atoms with Gasteiger partial charge in [0.1, 0.15) is 12.2 Å². The van der Waals surface area contributed by atoms with Crippen molar-refractivity contribution in [3.05, 3.63) is 111 Å². The average molecular weight is 555 g/mol. The van der Waals surface area contributed by atoms with Crippen LogP contribution >= 0.6 is 11.6 Å². The molecule has 5 aromatic rings. The van der Waals surface area contributed by atoms with E-state index in [0.717, 1.165) is 40.7 Å². The molecule has 8 nitrogen and oxygen atoms in total. The summed E-state index contributed by atoms with van der Waals surface area (Å²) in [4.78, 5) is 30.3. The van der Waals surface area contributed by atoms with Crippen LogP contribution in [0.25, 0.3) is 16.6 Å². The van der Waals surface area contributed by atoms with Crippen LogP contribution in [0.1, 0.15) is 55.3 Å². The van der Waals surface area contributed by atoms with Gasteiger partial charge in [-0.05, 0) is 75.4 Å². The molecule has 0 aliphatic heterocycles. The van der Waals surface area contributed by atoms with Crippen molar-refractivity contribution in [3.8, 4) is 5.69 Å². The van der Waals surface area contributed by atoms with Gasteiger partial charge in [-0.1, -0.05) is 53.6 Å². The molecule has 0 aliphatic carbocycles. The van der Waals surface area contributed by atoms with E-state index in [1.165, 1.54) is 5.56 Å². The highest BCUT2D eigenvalue weighted by Gasteiger charge is 2.22. The van der Waals surface area contributed by atoms with Crippen LogP contribution in [0.5, 0.6) is 0 Å². The van der Waals surface area contributed by atoms with E-state index in [4.69, 9.17) is 17.3 Å². The lowest BCUT2D eigenvalue weighted by molar-refractivity contribution is 0.0941. The van der Waals surface area contributed by atoms with Crippen molar-refractivity contribution in [1.82, 2.24) is 24.6 Å². The predicted octanol–water partition coefficient (Wildman–Crippen LogP) is 5.46. The minimum Gasteiger partial charge on any atom is -0.366 e. The number of hydrogen-bond donors (Lipinski definition) is 2. The van der Waals surface area contributed by atoms with E-state index in [0.29, 0.717) is 34.0 Å². The van der Waals surface area contributed by atoms with Gasteiger partial charge in [-0.2, -0.15) is 5.10 Å². The summed E-state index contributed by atoms with van der Waals surface area (Å²) in [6.07, 6.45) is 3.91. The summed E-state index contributed by atoms with van der Waals surface area (Å²) in [7, 11) is 0. The van der Waals surface area contributed by atoms with Crippen molar-refractivity contribution >= 4 is 34.3 Å². The Morgan fingerprint density at radius 2 is 1.75 bits per heavy atom. The van der Waals surface area contributed by atoms with E-state index in [2.05, 4.69) is 27.5 Å². The third-order valence-electron chi connectivity index (χ3n) is 7.06. The molecular formula is C31H31ClN6O2. The van der Waals surface area contributed by atoms with Gasteiger partial charge in [0.25, 0.3) is 11.8 Å². The molecule has 9 heteroatoms. The summed E-state index contributed by atoms with van der Waals surface area (Å²) in [5.41, 5.74) is 12.1. The number of amides is 2. The maximum Gasteiger partial charge on any atom is 0.254 e. The van der Waals surface area contributed by atoms with Gasteiger partial charge in [-0.15, -0.1) is 0 Å². The van der Waals surface area contributed by atoms with Crippen molar-refractivity contribution in [3.63, 3.8) is 0 Å².